The number of nitrogens with one attached hydrogen (secondary N) is 3. The number of pyridine rings is 1. The molecule has 0 bridgehead atoms. The van der Waals surface area contributed by atoms with Gasteiger partial charge in [-0.25, -0.2) is 9.67 Å². The van der Waals surface area contributed by atoms with Crippen LogP contribution in [0.4, 0.5) is 0 Å². The first-order chi connectivity index (χ1) is 16.7. The zero-order valence-corrected chi connectivity index (χ0v) is 19.7. The van der Waals surface area contributed by atoms with Gasteiger partial charge < -0.3 is 10.1 Å². The number of benzene rings is 1. The molecule has 0 unspecified atom stereocenters. The molecule has 3 N–H and O–H groups in total. The molecular formula is C25H28N6O2S. The average molecular weight is 477 g/mol. The molecule has 1 atom stereocenters. The van der Waals surface area contributed by atoms with Crippen LogP contribution in [0.15, 0.2) is 36.4 Å². The molecule has 1 aromatic carbocycles. The summed E-state index contributed by atoms with van der Waals surface area (Å²) in [4.78, 5) is 18.4. The highest BCUT2D eigenvalue weighted by Gasteiger charge is 2.34. The molecule has 9 heteroatoms. The molecule has 34 heavy (non-hydrogen) atoms. The maximum atomic E-state index is 13.4. The van der Waals surface area contributed by atoms with Crippen LogP contribution in [0, 0.1) is 0 Å². The van der Waals surface area contributed by atoms with Crippen molar-refractivity contribution in [2.24, 2.45) is 0 Å². The Bertz CT molecular complexity index is 1230. The highest BCUT2D eigenvalue weighted by atomic mass is 32.1. The third-order valence-electron chi connectivity index (χ3n) is 6.69. The van der Waals surface area contributed by atoms with E-state index in [1.54, 1.807) is 0 Å². The van der Waals surface area contributed by atoms with Crippen molar-refractivity contribution in [2.45, 2.75) is 56.5 Å². The van der Waals surface area contributed by atoms with Crippen molar-refractivity contribution >= 4 is 34.3 Å². The first kappa shape index (κ1) is 21.5. The van der Waals surface area contributed by atoms with Crippen LogP contribution in [0.2, 0.25) is 0 Å². The van der Waals surface area contributed by atoms with Crippen LogP contribution >= 0.6 is 12.2 Å². The molecular weight excluding hydrogens is 448 g/mol. The average Bonchev–Trinajstić information content (AvgIpc) is 3.80. The van der Waals surface area contributed by atoms with E-state index < -0.39 is 0 Å². The van der Waals surface area contributed by atoms with E-state index in [0.717, 1.165) is 73.2 Å². The van der Waals surface area contributed by atoms with Gasteiger partial charge in [0.05, 0.1) is 28.4 Å². The van der Waals surface area contributed by atoms with Crippen molar-refractivity contribution in [3.63, 3.8) is 0 Å². The molecule has 3 heterocycles. The SMILES string of the molecule is O=C(NNC(=S)NC[C@@H]1CCCO1)c1cc(C2CC2)nc2c1c(C1CC1)nn2-c1ccccc1. The third kappa shape index (κ3) is 4.37. The number of hydrogen-bond acceptors (Lipinski definition) is 5. The molecule has 2 aliphatic carbocycles. The van der Waals surface area contributed by atoms with Gasteiger partial charge in [0, 0.05) is 30.7 Å². The van der Waals surface area contributed by atoms with E-state index in [4.69, 9.17) is 27.0 Å². The van der Waals surface area contributed by atoms with Gasteiger partial charge in [0.15, 0.2) is 10.8 Å². The van der Waals surface area contributed by atoms with Gasteiger partial charge in [-0.15, -0.1) is 0 Å². The van der Waals surface area contributed by atoms with Crippen molar-refractivity contribution in [1.82, 2.24) is 30.9 Å². The normalized spacial score (nSPS) is 19.8. The standard InChI is InChI=1S/C25H28N6O2S/c32-24(28-29-25(34)26-14-18-7-4-12-33-18)19-13-20(15-8-9-15)27-23-21(19)22(16-10-11-16)30-31(23)17-5-2-1-3-6-17/h1-3,5-6,13,15-16,18H,4,7-12,14H2,(H,28,32)(H2,26,29,34)/t18-/m0/s1. The third-order valence-corrected chi connectivity index (χ3v) is 6.94. The Morgan fingerprint density at radius 1 is 1.09 bits per heavy atom. The van der Waals surface area contributed by atoms with Gasteiger partial charge in [-0.3, -0.25) is 15.6 Å². The van der Waals surface area contributed by atoms with Crippen LogP contribution in [0.5, 0.6) is 0 Å². The Hall–Kier alpha value is -3.04. The van der Waals surface area contributed by atoms with E-state index >= 15 is 0 Å². The van der Waals surface area contributed by atoms with E-state index in [1.807, 2.05) is 41.1 Å². The van der Waals surface area contributed by atoms with Crippen LogP contribution in [0.25, 0.3) is 16.7 Å². The summed E-state index contributed by atoms with van der Waals surface area (Å²) in [6.07, 6.45) is 6.64. The predicted molar refractivity (Wildman–Crippen MR) is 133 cm³/mol. The lowest BCUT2D eigenvalue weighted by atomic mass is 10.1. The quantitative estimate of drug-likeness (QED) is 0.371. The minimum Gasteiger partial charge on any atom is -0.376 e. The highest BCUT2D eigenvalue weighted by Crippen LogP contribution is 2.45. The molecule has 2 aromatic heterocycles. The Morgan fingerprint density at radius 3 is 2.59 bits per heavy atom. The Morgan fingerprint density at radius 2 is 1.88 bits per heavy atom. The fraction of sp³-hybridized carbons (Fsp3) is 0.440. The number of fused-ring (bicyclic) bond motifs is 1. The van der Waals surface area contributed by atoms with Gasteiger partial charge in [-0.2, -0.15) is 5.10 Å². The minimum absolute atomic E-state index is 0.168. The molecule has 3 aromatic rings. The number of nitrogens with zero attached hydrogens (tertiary/aromatic N) is 3. The van der Waals surface area contributed by atoms with Crippen LogP contribution in [0.3, 0.4) is 0 Å². The number of ether oxygens (including phenoxy) is 1. The van der Waals surface area contributed by atoms with Gasteiger partial charge in [0.2, 0.25) is 0 Å². The zero-order chi connectivity index (χ0) is 23.1. The van der Waals surface area contributed by atoms with Gasteiger partial charge in [0.1, 0.15) is 0 Å². The molecule has 3 fully saturated rings. The van der Waals surface area contributed by atoms with Gasteiger partial charge >= 0.3 is 0 Å². The summed E-state index contributed by atoms with van der Waals surface area (Å²) < 4.78 is 7.51. The van der Waals surface area contributed by atoms with Gasteiger partial charge in [-0.1, -0.05) is 18.2 Å². The smallest absolute Gasteiger partial charge is 0.270 e. The maximum absolute atomic E-state index is 13.4. The molecule has 3 aliphatic rings. The van der Waals surface area contributed by atoms with Crippen molar-refractivity contribution in [2.75, 3.05) is 13.2 Å². The zero-order valence-electron chi connectivity index (χ0n) is 18.9. The lowest BCUT2D eigenvalue weighted by Gasteiger charge is -2.15. The second-order valence-electron chi connectivity index (χ2n) is 9.40. The lowest BCUT2D eigenvalue weighted by molar-refractivity contribution is 0.0944. The number of carbonyl (C=O) groups excluding carboxylic acids is 1. The van der Waals surface area contributed by atoms with Crippen molar-refractivity contribution < 1.29 is 9.53 Å². The largest absolute Gasteiger partial charge is 0.376 e. The molecule has 8 nitrogen and oxygen atoms in total. The summed E-state index contributed by atoms with van der Waals surface area (Å²) in [5.74, 6) is 0.543. The van der Waals surface area contributed by atoms with Crippen molar-refractivity contribution in [3.05, 3.63) is 53.3 Å². The topological polar surface area (TPSA) is 93.1 Å². The van der Waals surface area contributed by atoms with Gasteiger partial charge in [0.25, 0.3) is 5.91 Å². The monoisotopic (exact) mass is 476 g/mol. The second-order valence-corrected chi connectivity index (χ2v) is 9.81. The number of rotatable bonds is 6. The van der Waals surface area contributed by atoms with Crippen LogP contribution in [0.1, 0.15) is 72.1 Å². The Labute approximate surface area is 203 Å². The van der Waals surface area contributed by atoms with Gasteiger partial charge in [-0.05, 0) is 68.9 Å². The van der Waals surface area contributed by atoms with Crippen molar-refractivity contribution in [3.8, 4) is 5.69 Å². The fourth-order valence-electron chi connectivity index (χ4n) is 4.56. The summed E-state index contributed by atoms with van der Waals surface area (Å²) in [5.41, 5.74) is 9.86. The number of hydrazine groups is 1. The number of hydrogen-bond donors (Lipinski definition) is 3. The maximum Gasteiger partial charge on any atom is 0.270 e. The predicted octanol–water partition coefficient (Wildman–Crippen LogP) is 3.46. The highest BCUT2D eigenvalue weighted by molar-refractivity contribution is 7.80. The van der Waals surface area contributed by atoms with Crippen molar-refractivity contribution in [1.29, 1.82) is 0 Å². The Balaban J connectivity index is 1.30. The minimum atomic E-state index is -0.231. The molecule has 6 rings (SSSR count). The lowest BCUT2D eigenvalue weighted by Crippen LogP contribution is -2.48. The van der Waals surface area contributed by atoms with Crippen LogP contribution < -0.4 is 16.2 Å². The fourth-order valence-corrected chi connectivity index (χ4v) is 4.69. The molecule has 1 aliphatic heterocycles. The van der Waals surface area contributed by atoms with E-state index in [2.05, 4.69) is 16.2 Å². The molecule has 176 valence electrons. The summed E-state index contributed by atoms with van der Waals surface area (Å²) >= 11 is 5.35. The molecule has 0 radical (unpaired) electrons. The summed E-state index contributed by atoms with van der Waals surface area (Å²) in [6, 6.07) is 12.0. The summed E-state index contributed by atoms with van der Waals surface area (Å²) in [7, 11) is 0. The van der Waals surface area contributed by atoms with Crippen LogP contribution in [-0.4, -0.2) is 45.0 Å². The first-order valence-electron chi connectivity index (χ1n) is 12.1. The molecule has 1 amide bonds. The first-order valence-corrected chi connectivity index (χ1v) is 12.5. The van der Waals surface area contributed by atoms with Crippen LogP contribution in [-0.2, 0) is 4.74 Å². The number of carbonyl (C=O) groups is 1. The van der Waals surface area contributed by atoms with E-state index in [-0.39, 0.29) is 12.0 Å². The Kier molecular flexibility index (Phi) is 5.66. The summed E-state index contributed by atoms with van der Waals surface area (Å²) in [5, 5.41) is 9.30. The number of para-hydroxylation sites is 1. The van der Waals surface area contributed by atoms with E-state index in [1.165, 1.54) is 0 Å². The number of amides is 1. The second kappa shape index (κ2) is 8.96. The summed E-state index contributed by atoms with van der Waals surface area (Å²) in [6.45, 7) is 1.42. The number of aromatic nitrogens is 3. The van der Waals surface area contributed by atoms with E-state index in [9.17, 15) is 4.79 Å². The number of thiocarbonyl (C=S) groups is 1. The molecule has 1 saturated heterocycles. The molecule has 2 saturated carbocycles. The molecule has 0 spiro atoms. The van der Waals surface area contributed by atoms with E-state index in [0.29, 0.717) is 29.1 Å².